The molecule has 0 radical (unpaired) electrons. The second-order valence-electron chi connectivity index (χ2n) is 11.3. The number of hydrogen-bond donors (Lipinski definition) is 1. The summed E-state index contributed by atoms with van der Waals surface area (Å²) in [6, 6.07) is 25.7. The normalized spacial score (nSPS) is 14.1. The molecule has 0 bridgehead atoms. The van der Waals surface area contributed by atoms with E-state index in [-0.39, 0.29) is 43.0 Å². The summed E-state index contributed by atoms with van der Waals surface area (Å²) in [6.07, 6.45) is 4.02. The third kappa shape index (κ3) is 5.98. The molecule has 0 saturated heterocycles. The standard InChI is InChI=1S/C35H29BrClN5O4/c36-28-15-8-22(19-29(28)37)34(44)40-17-18-41-31(21-40)32(42(35(41)45)24-9-11-25(12-10-24)46-26-13-14-26)33(43)39-20-23-5-1-2-6-27(23)30-7-3-4-16-38-30/h1-12,15-16,19,26H,13-14,17-18,20-21H2,(H,39,43). The topological polar surface area (TPSA) is 98.5 Å². The van der Waals surface area contributed by atoms with Crippen LogP contribution in [0.4, 0.5) is 0 Å². The number of imidazole rings is 1. The highest BCUT2D eigenvalue weighted by Gasteiger charge is 2.32. The van der Waals surface area contributed by atoms with Crippen LogP contribution in [-0.2, 0) is 19.6 Å². The number of ether oxygens (including phenoxy) is 1. The van der Waals surface area contributed by atoms with Crippen LogP contribution in [0.2, 0.25) is 5.02 Å². The van der Waals surface area contributed by atoms with Crippen LogP contribution >= 0.6 is 27.5 Å². The van der Waals surface area contributed by atoms with Crippen molar-refractivity contribution in [1.29, 1.82) is 0 Å². The molecule has 2 amide bonds. The van der Waals surface area contributed by atoms with Gasteiger partial charge in [-0.05, 0) is 88.9 Å². The maximum atomic E-state index is 14.1. The Balaban J connectivity index is 1.24. The lowest BCUT2D eigenvalue weighted by atomic mass is 10.0. The SMILES string of the molecule is O=C(NCc1ccccc1-c1ccccn1)c1c2n(c(=O)n1-c1ccc(OC3CC3)cc1)CCN(C(=O)c1ccc(Br)c(Cl)c1)C2. The van der Waals surface area contributed by atoms with E-state index in [4.69, 9.17) is 16.3 Å². The maximum Gasteiger partial charge on any atom is 0.333 e. The van der Waals surface area contributed by atoms with Crippen LogP contribution in [-0.4, -0.2) is 43.5 Å². The number of aromatic nitrogens is 3. The van der Waals surface area contributed by atoms with Crippen molar-refractivity contribution >= 4 is 39.3 Å². The van der Waals surface area contributed by atoms with Gasteiger partial charge in [-0.3, -0.25) is 23.7 Å². The van der Waals surface area contributed by atoms with Crippen molar-refractivity contribution in [2.75, 3.05) is 6.54 Å². The third-order valence-corrected chi connectivity index (χ3v) is 9.40. The van der Waals surface area contributed by atoms with Gasteiger partial charge in [0.15, 0.2) is 0 Å². The van der Waals surface area contributed by atoms with Gasteiger partial charge in [-0.15, -0.1) is 0 Å². The van der Waals surface area contributed by atoms with Crippen LogP contribution in [0.3, 0.4) is 0 Å². The van der Waals surface area contributed by atoms with Crippen molar-refractivity contribution < 1.29 is 14.3 Å². The smallest absolute Gasteiger partial charge is 0.333 e. The van der Waals surface area contributed by atoms with Crippen LogP contribution in [0.5, 0.6) is 5.75 Å². The zero-order valence-electron chi connectivity index (χ0n) is 24.7. The average molecular weight is 699 g/mol. The summed E-state index contributed by atoms with van der Waals surface area (Å²) < 4.78 is 9.61. The number of carbonyl (C=O) groups is 2. The Labute approximate surface area is 278 Å². The minimum atomic E-state index is -0.430. The van der Waals surface area contributed by atoms with Crippen molar-refractivity contribution in [2.24, 2.45) is 0 Å². The molecular weight excluding hydrogens is 670 g/mol. The number of fused-ring (bicyclic) bond motifs is 1. The Morgan fingerprint density at radius 2 is 1.76 bits per heavy atom. The molecule has 0 atom stereocenters. The van der Waals surface area contributed by atoms with Crippen molar-refractivity contribution in [2.45, 2.75) is 38.6 Å². The minimum absolute atomic E-state index is 0.0743. The fourth-order valence-corrected chi connectivity index (χ4v) is 6.10. The predicted molar refractivity (Wildman–Crippen MR) is 178 cm³/mol. The van der Waals surface area contributed by atoms with Crippen molar-refractivity contribution in [3.05, 3.63) is 134 Å². The first-order valence-electron chi connectivity index (χ1n) is 15.0. The Hall–Kier alpha value is -4.67. The molecule has 7 rings (SSSR count). The highest BCUT2D eigenvalue weighted by atomic mass is 79.9. The second-order valence-corrected chi connectivity index (χ2v) is 12.5. The first-order valence-corrected chi connectivity index (χ1v) is 16.2. The number of pyridine rings is 1. The zero-order valence-corrected chi connectivity index (χ0v) is 27.0. The molecular formula is C35H29BrClN5O4. The van der Waals surface area contributed by atoms with Gasteiger partial charge in [-0.25, -0.2) is 4.79 Å². The summed E-state index contributed by atoms with van der Waals surface area (Å²) in [6.45, 7) is 0.822. The van der Waals surface area contributed by atoms with Gasteiger partial charge in [0.05, 0.1) is 34.7 Å². The summed E-state index contributed by atoms with van der Waals surface area (Å²) in [7, 11) is 0. The van der Waals surface area contributed by atoms with E-state index in [9.17, 15) is 14.4 Å². The third-order valence-electron chi connectivity index (χ3n) is 8.17. The van der Waals surface area contributed by atoms with Gasteiger partial charge >= 0.3 is 5.69 Å². The maximum absolute atomic E-state index is 14.1. The van der Waals surface area contributed by atoms with E-state index in [1.807, 2.05) is 54.6 Å². The Morgan fingerprint density at radius 1 is 0.978 bits per heavy atom. The molecule has 1 N–H and O–H groups in total. The molecule has 5 aromatic rings. The molecule has 0 spiro atoms. The molecule has 2 aliphatic rings. The lowest BCUT2D eigenvalue weighted by Gasteiger charge is -2.28. The van der Waals surface area contributed by atoms with E-state index in [2.05, 4.69) is 26.2 Å². The van der Waals surface area contributed by atoms with Gasteiger partial charge in [0.1, 0.15) is 11.4 Å². The molecule has 1 saturated carbocycles. The minimum Gasteiger partial charge on any atom is -0.490 e. The number of carbonyl (C=O) groups excluding carboxylic acids is 2. The number of hydrogen-bond acceptors (Lipinski definition) is 5. The quantitative estimate of drug-likeness (QED) is 0.207. The second kappa shape index (κ2) is 12.6. The predicted octanol–water partition coefficient (Wildman–Crippen LogP) is 6.24. The summed E-state index contributed by atoms with van der Waals surface area (Å²) in [5, 5.41) is 3.47. The van der Waals surface area contributed by atoms with E-state index in [1.54, 1.807) is 46.0 Å². The summed E-state index contributed by atoms with van der Waals surface area (Å²) in [4.78, 5) is 47.8. The van der Waals surface area contributed by atoms with Gasteiger partial charge in [0.2, 0.25) is 0 Å². The molecule has 2 aromatic heterocycles. The fraction of sp³-hybridized carbons (Fsp3) is 0.200. The summed E-state index contributed by atoms with van der Waals surface area (Å²) in [5.41, 5.74) is 3.82. The van der Waals surface area contributed by atoms with Crippen LogP contribution < -0.4 is 15.7 Å². The van der Waals surface area contributed by atoms with Gasteiger partial charge in [-0.2, -0.15) is 0 Å². The van der Waals surface area contributed by atoms with Gasteiger partial charge in [-0.1, -0.05) is 41.9 Å². The molecule has 3 aromatic carbocycles. The van der Waals surface area contributed by atoms with Crippen molar-refractivity contribution in [3.63, 3.8) is 0 Å². The zero-order chi connectivity index (χ0) is 31.8. The number of nitrogens with zero attached hydrogens (tertiary/aromatic N) is 4. The van der Waals surface area contributed by atoms with Crippen LogP contribution in [0.1, 0.15) is 44.9 Å². The van der Waals surface area contributed by atoms with Crippen LogP contribution in [0.25, 0.3) is 16.9 Å². The lowest BCUT2D eigenvalue weighted by molar-refractivity contribution is 0.0706. The monoisotopic (exact) mass is 697 g/mol. The van der Waals surface area contributed by atoms with E-state index >= 15 is 0 Å². The summed E-state index contributed by atoms with van der Waals surface area (Å²) >= 11 is 9.65. The van der Waals surface area contributed by atoms with E-state index in [0.29, 0.717) is 38.7 Å². The van der Waals surface area contributed by atoms with E-state index in [0.717, 1.165) is 29.7 Å². The molecule has 46 heavy (non-hydrogen) atoms. The molecule has 0 unspecified atom stereocenters. The first kappa shape index (κ1) is 30.0. The molecule has 3 heterocycles. The van der Waals surface area contributed by atoms with E-state index in [1.165, 1.54) is 4.57 Å². The van der Waals surface area contributed by atoms with Crippen molar-refractivity contribution in [3.8, 4) is 22.7 Å². The number of amides is 2. The van der Waals surface area contributed by atoms with Crippen molar-refractivity contribution in [1.82, 2.24) is 24.3 Å². The van der Waals surface area contributed by atoms with Gasteiger partial charge in [0.25, 0.3) is 11.8 Å². The first-order chi connectivity index (χ1) is 22.4. The molecule has 1 aliphatic carbocycles. The number of rotatable bonds is 8. The van der Waals surface area contributed by atoms with E-state index < -0.39 is 5.91 Å². The van der Waals surface area contributed by atoms with Gasteiger partial charge in [0, 0.05) is 41.4 Å². The number of nitrogens with one attached hydrogen (secondary N) is 1. The largest absolute Gasteiger partial charge is 0.490 e. The van der Waals surface area contributed by atoms with Crippen LogP contribution in [0.15, 0.2) is 100 Å². The fourth-order valence-electron chi connectivity index (χ4n) is 5.68. The molecule has 1 aliphatic heterocycles. The Morgan fingerprint density at radius 3 is 2.50 bits per heavy atom. The van der Waals surface area contributed by atoms with Gasteiger partial charge < -0.3 is 15.0 Å². The number of halogens is 2. The van der Waals surface area contributed by atoms with Crippen LogP contribution in [0, 0.1) is 0 Å². The Kier molecular flexibility index (Phi) is 8.23. The lowest BCUT2D eigenvalue weighted by Crippen LogP contribution is -2.41. The highest BCUT2D eigenvalue weighted by molar-refractivity contribution is 9.10. The molecule has 232 valence electrons. The molecule has 11 heteroatoms. The number of benzene rings is 3. The average Bonchev–Trinajstić information content (AvgIpc) is 3.86. The molecule has 9 nitrogen and oxygen atoms in total. The Bertz CT molecular complexity index is 2000. The molecule has 1 fully saturated rings. The highest BCUT2D eigenvalue weighted by Crippen LogP contribution is 2.29. The summed E-state index contributed by atoms with van der Waals surface area (Å²) in [5.74, 6) is 0.0457.